The number of carboxylic acid groups (broad SMARTS) is 2. The minimum Gasteiger partial charge on any atom is -0.480 e. The highest BCUT2D eigenvalue weighted by atomic mass is 16.5. The molecule has 5 heterocycles. The van der Waals surface area contributed by atoms with E-state index in [1.807, 2.05) is 46.8 Å². The lowest BCUT2D eigenvalue weighted by Gasteiger charge is -2.19. The van der Waals surface area contributed by atoms with Crippen LogP contribution in [-0.4, -0.2) is 88.1 Å². The lowest BCUT2D eigenvalue weighted by molar-refractivity contribution is -0.141. The summed E-state index contributed by atoms with van der Waals surface area (Å²) in [5.41, 5.74) is 11.9. The number of H-pyrrole nitrogens is 3. The number of hydrogen-bond acceptors (Lipinski definition) is 9. The molecular weight excluding hydrogens is 692 g/mol. The SMILES string of the molecule is CCc1c2[nH]c(c1C)/C=c1\[nH]/c(c(C)c1CC)=C(/NCC(=O)O)C1N/C(=C\c3[nH]c(c(C)c3CCC(=O)OC)C2=NCC(=O)O)C(CCC(=O)OC)=C1C. The van der Waals surface area contributed by atoms with Gasteiger partial charge in [-0.05, 0) is 110 Å². The first-order chi connectivity index (χ1) is 25.7. The highest BCUT2D eigenvalue weighted by Gasteiger charge is 2.32. The van der Waals surface area contributed by atoms with Gasteiger partial charge in [-0.25, -0.2) is 0 Å². The number of carboxylic acids is 2. The Hall–Kier alpha value is -5.79. The molecule has 0 amide bonds. The molecule has 0 aromatic carbocycles. The van der Waals surface area contributed by atoms with E-state index in [1.165, 1.54) is 14.2 Å². The molecule has 14 heteroatoms. The largest absolute Gasteiger partial charge is 0.480 e. The molecule has 8 bridgehead atoms. The number of aliphatic imine (C=N–C) groups is 1. The van der Waals surface area contributed by atoms with Crippen molar-refractivity contribution >= 4 is 47.4 Å². The van der Waals surface area contributed by atoms with Gasteiger partial charge in [-0.1, -0.05) is 13.8 Å². The lowest BCUT2D eigenvalue weighted by atomic mass is 9.97. The molecule has 5 rings (SSSR count). The number of aromatic amines is 3. The standard InChI is InChI=1S/C40H50N6O8/c1-9-23-20(4)35-39(41-17-31(47)48)36-21(5)25(11-13-33(51)53-7)29(45-36)16-30-26(12-14-34(52)54-8)22(6)37(46-30)40(42-18-32(49)50)38-24(10-2)19(3)27(43-38)15-28(23)44-35/h15-16,36,41,43-46H,9-14,17-18H2,1-8H3,(H,47,48)(H,49,50)/b28-15-,29-16-,39-35+,42-40?. The third-order valence-electron chi connectivity index (χ3n) is 10.5. The lowest BCUT2D eigenvalue weighted by Crippen LogP contribution is -2.39. The predicted octanol–water partition coefficient (Wildman–Crippen LogP) is 2.96. The molecule has 0 fully saturated rings. The summed E-state index contributed by atoms with van der Waals surface area (Å²) in [6, 6.07) is -0.502. The van der Waals surface area contributed by atoms with E-state index in [2.05, 4.69) is 37.5 Å². The van der Waals surface area contributed by atoms with Gasteiger partial charge in [0.1, 0.15) is 18.8 Å². The predicted molar refractivity (Wildman–Crippen MR) is 205 cm³/mol. The zero-order valence-electron chi connectivity index (χ0n) is 32.2. The Morgan fingerprint density at radius 3 is 2.04 bits per heavy atom. The molecular formula is C40H50N6O8. The average Bonchev–Trinajstić information content (AvgIpc) is 3.82. The first kappa shape index (κ1) is 39.4. The Bertz CT molecular complexity index is 2230. The quantitative estimate of drug-likeness (QED) is 0.127. The van der Waals surface area contributed by atoms with Crippen molar-refractivity contribution in [3.63, 3.8) is 0 Å². The van der Waals surface area contributed by atoms with E-state index in [1.54, 1.807) is 0 Å². The van der Waals surface area contributed by atoms with E-state index in [4.69, 9.17) is 9.47 Å². The normalized spacial score (nSPS) is 18.4. The maximum Gasteiger partial charge on any atom is 0.325 e. The molecule has 0 aliphatic carbocycles. The molecule has 0 saturated heterocycles. The maximum absolute atomic E-state index is 12.5. The third-order valence-corrected chi connectivity index (χ3v) is 10.5. The van der Waals surface area contributed by atoms with Gasteiger partial charge in [-0.15, -0.1) is 0 Å². The van der Waals surface area contributed by atoms with Crippen LogP contribution < -0.4 is 21.3 Å². The maximum atomic E-state index is 12.5. The Morgan fingerprint density at radius 1 is 0.778 bits per heavy atom. The number of hydrogen-bond donors (Lipinski definition) is 7. The molecule has 3 aromatic heterocycles. The van der Waals surface area contributed by atoms with Crippen LogP contribution in [-0.2, 0) is 47.9 Å². The topological polar surface area (TPSA) is 211 Å². The van der Waals surface area contributed by atoms with Crippen LogP contribution in [0.5, 0.6) is 0 Å². The van der Waals surface area contributed by atoms with Gasteiger partial charge in [0.05, 0.1) is 42.7 Å². The molecule has 14 nitrogen and oxygen atoms in total. The molecule has 0 spiro atoms. The number of nitrogens with zero attached hydrogens (tertiary/aromatic N) is 1. The minimum absolute atomic E-state index is 0.0957. The van der Waals surface area contributed by atoms with Gasteiger partial charge in [-0.3, -0.25) is 24.2 Å². The number of ether oxygens (including phenoxy) is 2. The highest BCUT2D eigenvalue weighted by Crippen LogP contribution is 2.35. The van der Waals surface area contributed by atoms with Crippen molar-refractivity contribution in [1.82, 2.24) is 25.6 Å². The number of aromatic nitrogens is 3. The number of rotatable bonds is 13. The van der Waals surface area contributed by atoms with Crippen molar-refractivity contribution in [3.8, 4) is 0 Å². The van der Waals surface area contributed by atoms with Gasteiger partial charge in [0, 0.05) is 35.3 Å². The molecule has 1 unspecified atom stereocenters. The van der Waals surface area contributed by atoms with Crippen molar-refractivity contribution in [3.05, 3.63) is 83.7 Å². The zero-order chi connectivity index (χ0) is 39.4. The second-order valence-corrected chi connectivity index (χ2v) is 13.6. The number of nitrogens with one attached hydrogen (secondary N) is 5. The molecule has 0 saturated carbocycles. The molecule has 54 heavy (non-hydrogen) atoms. The fraction of sp³-hybridized carbons (Fsp3) is 0.425. The van der Waals surface area contributed by atoms with Crippen LogP contribution in [0.4, 0.5) is 0 Å². The van der Waals surface area contributed by atoms with Crippen molar-refractivity contribution in [2.24, 2.45) is 4.99 Å². The van der Waals surface area contributed by atoms with Crippen molar-refractivity contribution in [2.45, 2.75) is 86.1 Å². The van der Waals surface area contributed by atoms with E-state index in [0.717, 1.165) is 60.9 Å². The Kier molecular flexibility index (Phi) is 12.0. The number of esters is 2. The molecule has 2 aliphatic rings. The van der Waals surface area contributed by atoms with Crippen LogP contribution in [0.1, 0.15) is 96.2 Å². The Balaban J connectivity index is 1.94. The number of methoxy groups -OCH3 is 2. The second-order valence-electron chi connectivity index (χ2n) is 13.6. The summed E-state index contributed by atoms with van der Waals surface area (Å²) >= 11 is 0. The van der Waals surface area contributed by atoms with Crippen LogP contribution in [0, 0.1) is 20.8 Å². The first-order valence-electron chi connectivity index (χ1n) is 18.1. The van der Waals surface area contributed by atoms with Crippen molar-refractivity contribution in [1.29, 1.82) is 0 Å². The van der Waals surface area contributed by atoms with Gasteiger partial charge in [0.15, 0.2) is 0 Å². The summed E-state index contributed by atoms with van der Waals surface area (Å²) < 4.78 is 9.97. The smallest absolute Gasteiger partial charge is 0.325 e. The van der Waals surface area contributed by atoms with Gasteiger partial charge < -0.3 is 45.3 Å². The number of carbonyl (C=O) groups is 4. The third kappa shape index (κ3) is 7.78. The molecule has 7 N–H and O–H groups in total. The fourth-order valence-electron chi connectivity index (χ4n) is 7.66. The Labute approximate surface area is 313 Å². The van der Waals surface area contributed by atoms with Crippen LogP contribution >= 0.6 is 0 Å². The summed E-state index contributed by atoms with van der Waals surface area (Å²) in [4.78, 5) is 64.3. The number of allylic oxidation sites excluding steroid dienone is 1. The number of fused-ring (bicyclic) bond motifs is 8. The van der Waals surface area contributed by atoms with Gasteiger partial charge in [0.2, 0.25) is 0 Å². The zero-order valence-corrected chi connectivity index (χ0v) is 32.2. The molecule has 2 aliphatic heterocycles. The van der Waals surface area contributed by atoms with Gasteiger partial charge in [0.25, 0.3) is 0 Å². The summed E-state index contributed by atoms with van der Waals surface area (Å²) in [5, 5.41) is 28.0. The highest BCUT2D eigenvalue weighted by molar-refractivity contribution is 6.13. The van der Waals surface area contributed by atoms with Gasteiger partial charge >= 0.3 is 23.9 Å². The number of carbonyl (C=O) groups excluding carboxylic acids is 2. The van der Waals surface area contributed by atoms with Crippen molar-refractivity contribution < 1.29 is 38.9 Å². The van der Waals surface area contributed by atoms with Crippen LogP contribution in [0.25, 0.3) is 17.8 Å². The van der Waals surface area contributed by atoms with Crippen molar-refractivity contribution in [2.75, 3.05) is 27.3 Å². The minimum atomic E-state index is -1.08. The summed E-state index contributed by atoms with van der Waals surface area (Å²) in [6.07, 6.45) is 6.15. The molecule has 1 atom stereocenters. The summed E-state index contributed by atoms with van der Waals surface area (Å²) in [6.45, 7) is 11.2. The van der Waals surface area contributed by atoms with E-state index in [-0.39, 0.29) is 31.3 Å². The first-order valence-corrected chi connectivity index (χ1v) is 18.1. The molecule has 288 valence electrons. The summed E-state index contributed by atoms with van der Waals surface area (Å²) in [5.74, 6) is -2.86. The van der Waals surface area contributed by atoms with E-state index in [9.17, 15) is 29.4 Å². The van der Waals surface area contributed by atoms with Gasteiger partial charge in [-0.2, -0.15) is 0 Å². The molecule has 0 radical (unpaired) electrons. The summed E-state index contributed by atoms with van der Waals surface area (Å²) in [7, 11) is 2.68. The van der Waals surface area contributed by atoms with E-state index >= 15 is 0 Å². The van der Waals surface area contributed by atoms with E-state index in [0.29, 0.717) is 59.9 Å². The Morgan fingerprint density at radius 2 is 1.43 bits per heavy atom. The van der Waals surface area contributed by atoms with Crippen LogP contribution in [0.15, 0.2) is 21.8 Å². The monoisotopic (exact) mass is 742 g/mol. The van der Waals surface area contributed by atoms with Crippen LogP contribution in [0.3, 0.4) is 0 Å². The average molecular weight is 743 g/mol. The fourth-order valence-corrected chi connectivity index (χ4v) is 7.66. The number of aliphatic carboxylic acids is 2. The van der Waals surface area contributed by atoms with Crippen LogP contribution in [0.2, 0.25) is 0 Å². The molecule has 3 aromatic rings. The van der Waals surface area contributed by atoms with E-state index < -0.39 is 24.5 Å². The second kappa shape index (κ2) is 16.5.